The number of aryl methyl sites for hydroxylation is 1. The van der Waals surface area contributed by atoms with Gasteiger partial charge in [-0.1, -0.05) is 35.9 Å². The van der Waals surface area contributed by atoms with Crippen LogP contribution in [0.4, 0.5) is 0 Å². The number of hydrogen-bond donors (Lipinski definition) is 1. The van der Waals surface area contributed by atoms with E-state index in [0.717, 1.165) is 28.6 Å². The van der Waals surface area contributed by atoms with E-state index in [1.165, 1.54) is 36.7 Å². The van der Waals surface area contributed by atoms with Crippen LogP contribution in [0.2, 0.25) is 0 Å². The van der Waals surface area contributed by atoms with Gasteiger partial charge in [0.2, 0.25) is 0 Å². The maximum Gasteiger partial charge on any atom is 0.295 e. The van der Waals surface area contributed by atoms with Crippen molar-refractivity contribution in [3.8, 4) is 11.6 Å². The van der Waals surface area contributed by atoms with Gasteiger partial charge in [0.05, 0.1) is 29.8 Å². The molecule has 1 aromatic carbocycles. The summed E-state index contributed by atoms with van der Waals surface area (Å²) in [6, 6.07) is 11.7. The highest BCUT2D eigenvalue weighted by Gasteiger charge is 2.30. The van der Waals surface area contributed by atoms with Crippen LogP contribution >= 0.6 is 0 Å². The van der Waals surface area contributed by atoms with Gasteiger partial charge in [-0.15, -0.1) is 0 Å². The van der Waals surface area contributed by atoms with Crippen LogP contribution in [-0.2, 0) is 4.79 Å². The number of likely N-dealkylation sites (tertiary alicyclic amines) is 1. The molecule has 0 saturated carbocycles. The molecule has 11 nitrogen and oxygen atoms in total. The molecule has 1 fully saturated rings. The van der Waals surface area contributed by atoms with Crippen molar-refractivity contribution in [2.45, 2.75) is 19.8 Å². The molecule has 42 heavy (non-hydrogen) atoms. The Hall–Kier alpha value is -5.45. The summed E-state index contributed by atoms with van der Waals surface area (Å²) in [6.45, 7) is 2.52. The highest BCUT2D eigenvalue weighted by atomic mass is 16.5. The van der Waals surface area contributed by atoms with Gasteiger partial charge in [-0.25, -0.2) is 14.6 Å². The van der Waals surface area contributed by atoms with E-state index in [1.54, 1.807) is 18.0 Å². The van der Waals surface area contributed by atoms with Gasteiger partial charge in [-0.2, -0.15) is 5.10 Å². The standard InChI is InChI=1S/C31H27N7O4/c1-19-35-18-38(36-19)30-28-27(25(42-2)16-34-30)24(15-33-28)29(40)31(41)37-10-8-22(9-11-37)26(21-6-4-3-5-7-21)23-12-20(17-39)13-32-14-23/h3-7,12-18,33H,8-11H2,1-2H3. The summed E-state index contributed by atoms with van der Waals surface area (Å²) < 4.78 is 7.01. The molecule has 210 valence electrons. The molecule has 5 heterocycles. The number of aromatic amines is 1. The second kappa shape index (κ2) is 11.2. The lowest BCUT2D eigenvalue weighted by atomic mass is 9.88. The molecule has 0 radical (unpaired) electrons. The van der Waals surface area contributed by atoms with E-state index in [1.807, 2.05) is 36.4 Å². The number of rotatable bonds is 7. The second-order valence-corrected chi connectivity index (χ2v) is 9.93. The number of piperidine rings is 1. The molecular weight excluding hydrogens is 534 g/mol. The summed E-state index contributed by atoms with van der Waals surface area (Å²) in [5.74, 6) is 0.154. The van der Waals surface area contributed by atoms with E-state index in [-0.39, 0.29) is 5.56 Å². The van der Waals surface area contributed by atoms with Crippen molar-refractivity contribution < 1.29 is 19.1 Å². The highest BCUT2D eigenvalue weighted by Crippen LogP contribution is 2.34. The largest absolute Gasteiger partial charge is 0.494 e. The van der Waals surface area contributed by atoms with E-state index in [2.05, 4.69) is 25.0 Å². The number of fused-ring (bicyclic) bond motifs is 1. The number of carbonyl (C=O) groups is 3. The summed E-state index contributed by atoms with van der Waals surface area (Å²) in [5.41, 5.74) is 5.19. The molecule has 6 rings (SSSR count). The quantitative estimate of drug-likeness (QED) is 0.179. The fourth-order valence-corrected chi connectivity index (χ4v) is 5.39. The first-order valence-corrected chi connectivity index (χ1v) is 13.4. The van der Waals surface area contributed by atoms with Crippen LogP contribution in [-0.4, -0.2) is 72.8 Å². The minimum atomic E-state index is -0.634. The van der Waals surface area contributed by atoms with Crippen molar-refractivity contribution in [1.29, 1.82) is 0 Å². The minimum Gasteiger partial charge on any atom is -0.494 e. The lowest BCUT2D eigenvalue weighted by molar-refractivity contribution is -0.126. The lowest BCUT2D eigenvalue weighted by Gasteiger charge is -2.30. The number of aromatic nitrogens is 6. The molecule has 1 aliphatic heterocycles. The van der Waals surface area contributed by atoms with Gasteiger partial charge in [-0.3, -0.25) is 19.4 Å². The number of aldehydes is 1. The summed E-state index contributed by atoms with van der Waals surface area (Å²) in [7, 11) is 1.49. The summed E-state index contributed by atoms with van der Waals surface area (Å²) in [4.78, 5) is 56.0. The third kappa shape index (κ3) is 4.85. The van der Waals surface area contributed by atoms with Crippen molar-refractivity contribution in [3.05, 3.63) is 101 Å². The number of pyridine rings is 2. The first-order valence-electron chi connectivity index (χ1n) is 13.4. The number of nitrogens with zero attached hydrogens (tertiary/aromatic N) is 6. The highest BCUT2D eigenvalue weighted by molar-refractivity contribution is 6.45. The van der Waals surface area contributed by atoms with Crippen molar-refractivity contribution in [1.82, 2.24) is 34.6 Å². The predicted octanol–water partition coefficient (Wildman–Crippen LogP) is 3.98. The van der Waals surface area contributed by atoms with Crippen molar-refractivity contribution in [2.24, 2.45) is 0 Å². The van der Waals surface area contributed by atoms with Crippen molar-refractivity contribution in [2.75, 3.05) is 20.2 Å². The van der Waals surface area contributed by atoms with Crippen molar-refractivity contribution >= 4 is 34.5 Å². The van der Waals surface area contributed by atoms with Crippen LogP contribution in [0.15, 0.2) is 73.1 Å². The number of ether oxygens (including phenoxy) is 1. The molecule has 11 heteroatoms. The average Bonchev–Trinajstić information content (AvgIpc) is 3.68. The molecule has 5 aromatic rings. The molecule has 0 aliphatic carbocycles. The molecule has 1 saturated heterocycles. The molecule has 1 amide bonds. The van der Waals surface area contributed by atoms with Crippen molar-refractivity contribution in [3.63, 3.8) is 0 Å². The van der Waals surface area contributed by atoms with Gasteiger partial charge >= 0.3 is 0 Å². The molecule has 1 aliphatic rings. The summed E-state index contributed by atoms with van der Waals surface area (Å²) in [5, 5.41) is 4.78. The number of amides is 1. The Bertz CT molecular complexity index is 1850. The van der Waals surface area contributed by atoms with Gasteiger partial charge < -0.3 is 14.6 Å². The van der Waals surface area contributed by atoms with Crippen LogP contribution in [0.3, 0.4) is 0 Å². The molecule has 0 spiro atoms. The van der Waals surface area contributed by atoms with Crippen LogP contribution in [0, 0.1) is 6.92 Å². The first-order chi connectivity index (χ1) is 20.5. The van der Waals surface area contributed by atoms with Gasteiger partial charge in [-0.05, 0) is 37.0 Å². The zero-order valence-electron chi connectivity index (χ0n) is 23.1. The van der Waals surface area contributed by atoms with Gasteiger partial charge in [0.15, 0.2) is 12.1 Å². The van der Waals surface area contributed by atoms with Gasteiger partial charge in [0, 0.05) is 42.8 Å². The lowest BCUT2D eigenvalue weighted by Crippen LogP contribution is -2.40. The normalized spacial score (nSPS) is 13.3. The summed E-state index contributed by atoms with van der Waals surface area (Å²) in [6.07, 6.45) is 9.75. The predicted molar refractivity (Wildman–Crippen MR) is 155 cm³/mol. The molecule has 0 unspecified atom stereocenters. The van der Waals surface area contributed by atoms with Gasteiger partial charge in [0.25, 0.3) is 11.7 Å². The maximum absolute atomic E-state index is 13.6. The fraction of sp³-hybridized carbons (Fsp3) is 0.194. The maximum atomic E-state index is 13.6. The Labute approximate surface area is 240 Å². The number of methoxy groups -OCH3 is 1. The number of hydrogen-bond acceptors (Lipinski definition) is 8. The Morgan fingerprint density at radius 1 is 1.02 bits per heavy atom. The van der Waals surface area contributed by atoms with E-state index in [0.29, 0.717) is 59.8 Å². The Kier molecular flexibility index (Phi) is 7.14. The molecule has 4 aromatic heterocycles. The third-order valence-corrected chi connectivity index (χ3v) is 7.39. The van der Waals surface area contributed by atoms with Crippen LogP contribution in [0.1, 0.15) is 50.5 Å². The number of benzene rings is 1. The van der Waals surface area contributed by atoms with E-state index < -0.39 is 11.7 Å². The van der Waals surface area contributed by atoms with Crippen LogP contribution in [0.5, 0.6) is 5.75 Å². The molecule has 0 bridgehead atoms. The second-order valence-electron chi connectivity index (χ2n) is 9.93. The number of Topliss-reactive ketones (excluding diaryl/α,β-unsaturated/α-hetero) is 1. The smallest absolute Gasteiger partial charge is 0.295 e. The topological polar surface area (TPSA) is 136 Å². The minimum absolute atomic E-state index is 0.204. The SMILES string of the molecule is COc1cnc(-n2cnc(C)n2)c2[nH]cc(C(=O)C(=O)N3CCC(=C(c4ccccc4)c4cncc(C=O)c4)CC3)c12. The zero-order valence-corrected chi connectivity index (χ0v) is 23.1. The Morgan fingerprint density at radius 3 is 2.50 bits per heavy atom. The van der Waals surface area contributed by atoms with E-state index in [9.17, 15) is 14.4 Å². The summed E-state index contributed by atoms with van der Waals surface area (Å²) >= 11 is 0. The third-order valence-electron chi connectivity index (χ3n) is 7.39. The number of H-pyrrole nitrogens is 1. The molecule has 0 atom stereocenters. The molecule has 1 N–H and O–H groups in total. The number of carbonyl (C=O) groups excluding carboxylic acids is 3. The van der Waals surface area contributed by atoms with E-state index >= 15 is 0 Å². The Balaban J connectivity index is 1.29. The fourth-order valence-electron chi connectivity index (χ4n) is 5.39. The molecular formula is C31H27N7O4. The van der Waals surface area contributed by atoms with E-state index in [4.69, 9.17) is 4.74 Å². The average molecular weight is 562 g/mol. The Morgan fingerprint density at radius 2 is 1.81 bits per heavy atom. The van der Waals surface area contributed by atoms with Crippen LogP contribution < -0.4 is 4.74 Å². The zero-order chi connectivity index (χ0) is 29.2. The number of nitrogens with one attached hydrogen (secondary N) is 1. The monoisotopic (exact) mass is 561 g/mol. The number of ketones is 1. The van der Waals surface area contributed by atoms with Gasteiger partial charge in [0.1, 0.15) is 17.9 Å². The first kappa shape index (κ1) is 26.8. The van der Waals surface area contributed by atoms with Crippen LogP contribution in [0.25, 0.3) is 22.3 Å².